The smallest absolute Gasteiger partial charge is 0.205 e. The average Bonchev–Trinajstić information content (AvgIpc) is 2.92. The molecular formula is C17H14ClNO2. The van der Waals surface area contributed by atoms with E-state index in [0.717, 1.165) is 10.9 Å². The number of hydrogen-bond acceptors (Lipinski definition) is 2. The monoisotopic (exact) mass is 299 g/mol. The van der Waals surface area contributed by atoms with Gasteiger partial charge in [0.05, 0.1) is 0 Å². The van der Waals surface area contributed by atoms with Crippen LogP contribution in [0.4, 0.5) is 0 Å². The van der Waals surface area contributed by atoms with Crippen molar-refractivity contribution in [3.63, 3.8) is 0 Å². The summed E-state index contributed by atoms with van der Waals surface area (Å²) in [6.45, 7) is 1.75. The second kappa shape index (κ2) is 5.62. The Hall–Kier alpha value is -2.26. The topological polar surface area (TPSA) is 42.1 Å². The van der Waals surface area contributed by atoms with E-state index in [4.69, 9.17) is 16.3 Å². The highest BCUT2D eigenvalue weighted by Gasteiger charge is 2.20. The Morgan fingerprint density at radius 1 is 1.14 bits per heavy atom. The largest absolute Gasteiger partial charge is 0.483 e. The van der Waals surface area contributed by atoms with Gasteiger partial charge >= 0.3 is 0 Å². The van der Waals surface area contributed by atoms with Crippen LogP contribution < -0.4 is 4.74 Å². The lowest BCUT2D eigenvalue weighted by Gasteiger charge is -2.13. The Morgan fingerprint density at radius 2 is 1.86 bits per heavy atom. The van der Waals surface area contributed by atoms with Gasteiger partial charge in [-0.05, 0) is 37.3 Å². The molecule has 3 nitrogen and oxygen atoms in total. The van der Waals surface area contributed by atoms with Gasteiger partial charge in [0, 0.05) is 27.7 Å². The Bertz CT molecular complexity index is 777. The van der Waals surface area contributed by atoms with Gasteiger partial charge in [0.1, 0.15) is 5.75 Å². The molecule has 2 aromatic carbocycles. The van der Waals surface area contributed by atoms with E-state index in [1.165, 1.54) is 0 Å². The summed E-state index contributed by atoms with van der Waals surface area (Å²) in [5, 5.41) is 1.55. The number of rotatable bonds is 4. The van der Waals surface area contributed by atoms with Crippen molar-refractivity contribution < 1.29 is 9.53 Å². The van der Waals surface area contributed by atoms with Crippen molar-refractivity contribution in [2.75, 3.05) is 0 Å². The zero-order chi connectivity index (χ0) is 14.8. The quantitative estimate of drug-likeness (QED) is 0.722. The van der Waals surface area contributed by atoms with E-state index in [0.29, 0.717) is 16.3 Å². The van der Waals surface area contributed by atoms with E-state index in [9.17, 15) is 4.79 Å². The molecule has 1 heterocycles. The van der Waals surface area contributed by atoms with Crippen molar-refractivity contribution in [1.82, 2.24) is 4.98 Å². The summed E-state index contributed by atoms with van der Waals surface area (Å²) in [6, 6.07) is 14.7. The molecule has 0 fully saturated rings. The summed E-state index contributed by atoms with van der Waals surface area (Å²) in [5.41, 5.74) is 1.59. The summed E-state index contributed by atoms with van der Waals surface area (Å²) >= 11 is 5.83. The van der Waals surface area contributed by atoms with Crippen LogP contribution in [0.25, 0.3) is 10.9 Å². The molecule has 0 saturated heterocycles. The Labute approximate surface area is 127 Å². The number of carbonyl (C=O) groups excluding carboxylic acids is 1. The van der Waals surface area contributed by atoms with Gasteiger partial charge < -0.3 is 9.72 Å². The fourth-order valence-electron chi connectivity index (χ4n) is 2.27. The minimum absolute atomic E-state index is 0.0533. The zero-order valence-corrected chi connectivity index (χ0v) is 12.2. The van der Waals surface area contributed by atoms with E-state index >= 15 is 0 Å². The fraction of sp³-hybridized carbons (Fsp3) is 0.118. The minimum atomic E-state index is -0.564. The van der Waals surface area contributed by atoms with Crippen molar-refractivity contribution in [1.29, 1.82) is 0 Å². The molecular weight excluding hydrogens is 286 g/mol. The highest BCUT2D eigenvalue weighted by molar-refractivity contribution is 6.30. The van der Waals surface area contributed by atoms with Gasteiger partial charge in [-0.25, -0.2) is 0 Å². The molecule has 0 amide bonds. The first-order chi connectivity index (χ1) is 10.1. The number of aromatic nitrogens is 1. The lowest BCUT2D eigenvalue weighted by Crippen LogP contribution is -2.23. The first-order valence-corrected chi connectivity index (χ1v) is 7.05. The summed E-state index contributed by atoms with van der Waals surface area (Å²) in [5.74, 6) is 0.572. The molecule has 3 aromatic rings. The van der Waals surface area contributed by atoms with Crippen LogP contribution in [-0.4, -0.2) is 16.9 Å². The third-order valence-electron chi connectivity index (χ3n) is 3.35. The zero-order valence-electron chi connectivity index (χ0n) is 11.5. The number of H-pyrrole nitrogens is 1. The number of para-hydroxylation sites is 1. The van der Waals surface area contributed by atoms with Crippen LogP contribution in [0.5, 0.6) is 5.75 Å². The molecule has 21 heavy (non-hydrogen) atoms. The van der Waals surface area contributed by atoms with Crippen LogP contribution in [0.3, 0.4) is 0 Å². The number of ether oxygens (including phenoxy) is 1. The number of nitrogens with one attached hydrogen (secondary N) is 1. The van der Waals surface area contributed by atoms with Gasteiger partial charge in [0.15, 0.2) is 6.10 Å². The second-order valence-corrected chi connectivity index (χ2v) is 5.26. The molecule has 0 unspecified atom stereocenters. The number of halogens is 1. The van der Waals surface area contributed by atoms with Crippen LogP contribution in [0, 0.1) is 0 Å². The molecule has 0 aliphatic heterocycles. The number of hydrogen-bond donors (Lipinski definition) is 1. The molecule has 4 heteroatoms. The Morgan fingerprint density at radius 3 is 2.62 bits per heavy atom. The predicted octanol–water partition coefficient (Wildman–Crippen LogP) is 4.47. The van der Waals surface area contributed by atoms with E-state index in [1.54, 1.807) is 37.4 Å². The molecule has 0 aliphatic carbocycles. The van der Waals surface area contributed by atoms with Gasteiger partial charge in [-0.15, -0.1) is 0 Å². The van der Waals surface area contributed by atoms with Crippen LogP contribution in [0.2, 0.25) is 5.02 Å². The first kappa shape index (κ1) is 13.7. The maximum absolute atomic E-state index is 12.5. The summed E-state index contributed by atoms with van der Waals surface area (Å²) in [6.07, 6.45) is 1.17. The highest BCUT2D eigenvalue weighted by Crippen LogP contribution is 2.22. The molecule has 1 atom stereocenters. The summed E-state index contributed by atoms with van der Waals surface area (Å²) in [4.78, 5) is 15.6. The molecule has 106 valence electrons. The van der Waals surface area contributed by atoms with Gasteiger partial charge in [-0.1, -0.05) is 29.8 Å². The van der Waals surface area contributed by atoms with Crippen molar-refractivity contribution in [2.45, 2.75) is 13.0 Å². The van der Waals surface area contributed by atoms with Crippen molar-refractivity contribution in [3.05, 3.63) is 65.3 Å². The molecule has 0 bridgehead atoms. The Balaban J connectivity index is 1.82. The highest BCUT2D eigenvalue weighted by atomic mass is 35.5. The molecule has 0 aliphatic rings. The normalized spacial score (nSPS) is 12.3. The average molecular weight is 300 g/mol. The number of fused-ring (bicyclic) bond motifs is 1. The van der Waals surface area contributed by atoms with Crippen LogP contribution in [0.1, 0.15) is 17.3 Å². The molecule has 0 spiro atoms. The van der Waals surface area contributed by atoms with Crippen LogP contribution >= 0.6 is 11.6 Å². The number of Topliss-reactive ketones (excluding diaryl/α,β-unsaturated/α-hetero) is 1. The van der Waals surface area contributed by atoms with E-state index in [2.05, 4.69) is 4.98 Å². The number of ketones is 1. The lowest BCUT2D eigenvalue weighted by molar-refractivity contribution is 0.0820. The predicted molar refractivity (Wildman–Crippen MR) is 84.2 cm³/mol. The number of aromatic amines is 1. The molecule has 0 radical (unpaired) electrons. The molecule has 3 rings (SSSR count). The van der Waals surface area contributed by atoms with Crippen molar-refractivity contribution >= 4 is 28.3 Å². The molecule has 0 saturated carbocycles. The summed E-state index contributed by atoms with van der Waals surface area (Å²) < 4.78 is 5.68. The van der Waals surface area contributed by atoms with Gasteiger partial charge in [-0.2, -0.15) is 0 Å². The van der Waals surface area contributed by atoms with E-state index in [-0.39, 0.29) is 5.78 Å². The molecule has 1 N–H and O–H groups in total. The minimum Gasteiger partial charge on any atom is -0.483 e. The third-order valence-corrected chi connectivity index (χ3v) is 3.60. The number of benzene rings is 2. The van der Waals surface area contributed by atoms with Gasteiger partial charge in [-0.3, -0.25) is 4.79 Å². The SMILES string of the molecule is C[C@H](Oc1ccc(Cl)cc1)C(=O)c1c[nH]c2ccccc12. The van der Waals surface area contributed by atoms with Gasteiger partial charge in [0.2, 0.25) is 5.78 Å². The van der Waals surface area contributed by atoms with Crippen LogP contribution in [0.15, 0.2) is 54.7 Å². The van der Waals surface area contributed by atoms with E-state index < -0.39 is 6.10 Å². The number of carbonyl (C=O) groups is 1. The summed E-state index contributed by atoms with van der Waals surface area (Å²) in [7, 11) is 0. The lowest BCUT2D eigenvalue weighted by atomic mass is 10.1. The van der Waals surface area contributed by atoms with Crippen molar-refractivity contribution in [2.24, 2.45) is 0 Å². The van der Waals surface area contributed by atoms with E-state index in [1.807, 2.05) is 24.3 Å². The first-order valence-electron chi connectivity index (χ1n) is 6.68. The third kappa shape index (κ3) is 2.78. The maximum atomic E-state index is 12.5. The fourth-order valence-corrected chi connectivity index (χ4v) is 2.39. The van der Waals surface area contributed by atoms with Gasteiger partial charge in [0.25, 0.3) is 0 Å². The standard InChI is InChI=1S/C17H14ClNO2/c1-11(21-13-8-6-12(18)7-9-13)17(20)15-10-19-16-5-3-2-4-14(15)16/h2-11,19H,1H3/t11-/m0/s1. The Kier molecular flexibility index (Phi) is 3.67. The second-order valence-electron chi connectivity index (χ2n) is 4.83. The molecule has 1 aromatic heterocycles. The van der Waals surface area contributed by atoms with Crippen LogP contribution in [-0.2, 0) is 0 Å². The maximum Gasteiger partial charge on any atom is 0.205 e. The van der Waals surface area contributed by atoms with Crippen molar-refractivity contribution in [3.8, 4) is 5.75 Å².